The zero-order valence-corrected chi connectivity index (χ0v) is 20.7. The van der Waals surface area contributed by atoms with Crippen LogP contribution in [0.15, 0.2) is 72.8 Å². The lowest BCUT2D eigenvalue weighted by Gasteiger charge is -2.12. The van der Waals surface area contributed by atoms with Crippen LogP contribution in [-0.2, 0) is 14.4 Å². The Morgan fingerprint density at radius 1 is 0.897 bits per heavy atom. The molecule has 12 heteroatoms. The largest absolute Gasteiger partial charge is 0.490 e. The Balaban J connectivity index is 0.000000673. The van der Waals surface area contributed by atoms with E-state index in [2.05, 4.69) is 10.3 Å². The highest BCUT2D eigenvalue weighted by Crippen LogP contribution is 2.28. The minimum atomic E-state index is -5.08. The van der Waals surface area contributed by atoms with Gasteiger partial charge in [-0.2, -0.15) is 13.2 Å². The standard InChI is InChI=1S/C25H27N3O4.C2HF3O2/c26-21(25(31)27-17-24(29)30)13-7-8-14-32-23-16-20(18-9-3-1-4-10-18)15-22(28-23)19-11-5-2-6-12-19;3-2(4,5)1(6)7/h1-6,9-12,15-16,21H,7-8,13-14,17,26H2,(H,27,31)(H,29,30);(H,6,7). The summed E-state index contributed by atoms with van der Waals surface area (Å²) in [5, 5.41) is 18.0. The third kappa shape index (κ3) is 11.2. The molecule has 1 aromatic heterocycles. The number of unbranched alkanes of at least 4 members (excludes halogenated alkanes) is 1. The van der Waals surface area contributed by atoms with E-state index in [1.165, 1.54) is 0 Å². The molecular weight excluding hydrogens is 519 g/mol. The molecule has 1 atom stereocenters. The number of nitrogens with two attached hydrogens (primary N) is 1. The Labute approximate surface area is 222 Å². The first-order valence-electron chi connectivity index (χ1n) is 11.8. The van der Waals surface area contributed by atoms with E-state index in [0.29, 0.717) is 31.7 Å². The minimum absolute atomic E-state index is 0.428. The summed E-state index contributed by atoms with van der Waals surface area (Å²) in [4.78, 5) is 35.8. The number of pyridine rings is 1. The van der Waals surface area contributed by atoms with E-state index in [1.807, 2.05) is 72.8 Å². The van der Waals surface area contributed by atoms with Crippen molar-refractivity contribution in [3.8, 4) is 28.3 Å². The third-order valence-corrected chi connectivity index (χ3v) is 5.13. The van der Waals surface area contributed by atoms with Crippen LogP contribution in [0.25, 0.3) is 22.4 Å². The summed E-state index contributed by atoms with van der Waals surface area (Å²) >= 11 is 0. The molecule has 0 saturated carbocycles. The fraction of sp³-hybridized carbons (Fsp3) is 0.259. The molecule has 1 unspecified atom stereocenters. The van der Waals surface area contributed by atoms with Gasteiger partial charge < -0.3 is 26.0 Å². The molecule has 2 aromatic carbocycles. The first-order chi connectivity index (χ1) is 18.5. The molecule has 0 aliphatic heterocycles. The number of alkyl halides is 3. The predicted molar refractivity (Wildman–Crippen MR) is 137 cm³/mol. The van der Waals surface area contributed by atoms with Crippen LogP contribution in [0.3, 0.4) is 0 Å². The van der Waals surface area contributed by atoms with E-state index in [-0.39, 0.29) is 0 Å². The first-order valence-corrected chi connectivity index (χ1v) is 11.8. The van der Waals surface area contributed by atoms with Crippen LogP contribution >= 0.6 is 0 Å². The molecule has 0 saturated heterocycles. The molecular formula is C27H28F3N3O6. The number of carboxylic acid groups (broad SMARTS) is 2. The number of nitrogens with zero attached hydrogens (tertiary/aromatic N) is 1. The van der Waals surface area contributed by atoms with Crippen molar-refractivity contribution in [1.29, 1.82) is 0 Å². The average Bonchev–Trinajstić information content (AvgIpc) is 2.92. The molecule has 3 aromatic rings. The number of aromatic nitrogens is 1. The second-order valence-corrected chi connectivity index (χ2v) is 8.18. The van der Waals surface area contributed by atoms with Gasteiger partial charge in [-0.25, -0.2) is 9.78 Å². The molecule has 5 N–H and O–H groups in total. The van der Waals surface area contributed by atoms with Crippen molar-refractivity contribution in [2.45, 2.75) is 31.5 Å². The lowest BCUT2D eigenvalue weighted by atomic mass is 10.0. The highest BCUT2D eigenvalue weighted by molar-refractivity contribution is 5.84. The van der Waals surface area contributed by atoms with Gasteiger partial charge in [0.05, 0.1) is 18.3 Å². The molecule has 0 fully saturated rings. The summed E-state index contributed by atoms with van der Waals surface area (Å²) in [7, 11) is 0. The third-order valence-electron chi connectivity index (χ3n) is 5.13. The number of hydrogen-bond acceptors (Lipinski definition) is 6. The summed E-state index contributed by atoms with van der Waals surface area (Å²) in [6.07, 6.45) is -3.27. The number of aliphatic carboxylic acids is 2. The highest BCUT2D eigenvalue weighted by Gasteiger charge is 2.38. The summed E-state index contributed by atoms with van der Waals surface area (Å²) in [5.41, 5.74) is 9.75. The van der Waals surface area contributed by atoms with Crippen molar-refractivity contribution >= 4 is 17.8 Å². The highest BCUT2D eigenvalue weighted by atomic mass is 19.4. The Morgan fingerprint density at radius 2 is 1.46 bits per heavy atom. The maximum atomic E-state index is 11.7. The number of carbonyl (C=O) groups excluding carboxylic acids is 1. The van der Waals surface area contributed by atoms with E-state index < -0.39 is 36.6 Å². The van der Waals surface area contributed by atoms with Gasteiger partial charge in [0, 0.05) is 11.6 Å². The second-order valence-electron chi connectivity index (χ2n) is 8.18. The Hall–Kier alpha value is -4.45. The number of halogens is 3. The van der Waals surface area contributed by atoms with E-state index in [1.54, 1.807) is 0 Å². The van der Waals surface area contributed by atoms with Crippen molar-refractivity contribution < 1.29 is 42.5 Å². The fourth-order valence-corrected chi connectivity index (χ4v) is 3.20. The average molecular weight is 548 g/mol. The zero-order valence-electron chi connectivity index (χ0n) is 20.7. The lowest BCUT2D eigenvalue weighted by molar-refractivity contribution is -0.192. The molecule has 1 heterocycles. The van der Waals surface area contributed by atoms with Crippen LogP contribution in [0.5, 0.6) is 5.88 Å². The predicted octanol–water partition coefficient (Wildman–Crippen LogP) is 4.13. The maximum Gasteiger partial charge on any atom is 0.490 e. The lowest BCUT2D eigenvalue weighted by Crippen LogP contribution is -2.42. The Kier molecular flexibility index (Phi) is 11.9. The van der Waals surface area contributed by atoms with Crippen LogP contribution < -0.4 is 15.8 Å². The van der Waals surface area contributed by atoms with Gasteiger partial charge in [0.1, 0.15) is 6.54 Å². The number of carbonyl (C=O) groups is 3. The number of ether oxygens (including phenoxy) is 1. The number of rotatable bonds is 11. The van der Waals surface area contributed by atoms with Crippen molar-refractivity contribution in [3.63, 3.8) is 0 Å². The monoisotopic (exact) mass is 547 g/mol. The number of nitrogens with one attached hydrogen (secondary N) is 1. The SMILES string of the molecule is NC(CCCCOc1cc(-c2ccccc2)cc(-c2ccccc2)n1)C(=O)NCC(=O)O.O=C(O)C(F)(F)F. The molecule has 208 valence electrons. The molecule has 0 spiro atoms. The van der Waals surface area contributed by atoms with Gasteiger partial charge in [0.2, 0.25) is 11.8 Å². The summed E-state index contributed by atoms with van der Waals surface area (Å²) in [6.45, 7) is 0.00571. The molecule has 0 aliphatic carbocycles. The van der Waals surface area contributed by atoms with Crippen molar-refractivity contribution in [3.05, 3.63) is 72.8 Å². The first kappa shape index (κ1) is 30.8. The Morgan fingerprint density at radius 3 is 2.00 bits per heavy atom. The topological polar surface area (TPSA) is 152 Å². The normalized spacial score (nSPS) is 11.5. The van der Waals surface area contributed by atoms with Gasteiger partial charge in [0.25, 0.3) is 0 Å². The zero-order chi connectivity index (χ0) is 28.8. The number of carboxylic acids is 2. The van der Waals surface area contributed by atoms with Gasteiger partial charge >= 0.3 is 18.1 Å². The summed E-state index contributed by atoms with van der Waals surface area (Å²) < 4.78 is 37.7. The van der Waals surface area contributed by atoms with Gasteiger partial charge in [-0.3, -0.25) is 9.59 Å². The summed E-state index contributed by atoms with van der Waals surface area (Å²) in [6, 6.07) is 23.2. The molecule has 9 nitrogen and oxygen atoms in total. The fourth-order valence-electron chi connectivity index (χ4n) is 3.20. The van der Waals surface area contributed by atoms with E-state index in [9.17, 15) is 22.8 Å². The van der Waals surface area contributed by atoms with Gasteiger partial charge in [-0.15, -0.1) is 0 Å². The van der Waals surface area contributed by atoms with Crippen molar-refractivity contribution in [2.75, 3.05) is 13.2 Å². The quantitative estimate of drug-likeness (QED) is 0.262. The van der Waals surface area contributed by atoms with Crippen LogP contribution in [0.1, 0.15) is 19.3 Å². The van der Waals surface area contributed by atoms with Crippen LogP contribution in [0.4, 0.5) is 13.2 Å². The molecule has 0 bridgehead atoms. The van der Waals surface area contributed by atoms with Crippen molar-refractivity contribution in [2.24, 2.45) is 5.73 Å². The van der Waals surface area contributed by atoms with E-state index >= 15 is 0 Å². The summed E-state index contributed by atoms with van der Waals surface area (Å²) in [5.74, 6) is -3.78. The molecule has 1 amide bonds. The molecule has 3 rings (SSSR count). The number of amides is 1. The van der Waals surface area contributed by atoms with Crippen molar-refractivity contribution in [1.82, 2.24) is 10.3 Å². The van der Waals surface area contributed by atoms with E-state index in [4.69, 9.17) is 25.5 Å². The van der Waals surface area contributed by atoms with Crippen LogP contribution in [-0.4, -0.2) is 58.4 Å². The van der Waals surface area contributed by atoms with Crippen LogP contribution in [0.2, 0.25) is 0 Å². The second kappa shape index (κ2) is 15.1. The molecule has 0 aliphatic rings. The number of benzene rings is 2. The van der Waals surface area contributed by atoms with Crippen LogP contribution in [0, 0.1) is 0 Å². The Bertz CT molecular complexity index is 1170. The molecule has 0 radical (unpaired) electrons. The maximum absolute atomic E-state index is 11.7. The smallest absolute Gasteiger partial charge is 0.480 e. The minimum Gasteiger partial charge on any atom is -0.480 e. The van der Waals surface area contributed by atoms with Gasteiger partial charge in [0.15, 0.2) is 0 Å². The van der Waals surface area contributed by atoms with Gasteiger partial charge in [-0.1, -0.05) is 60.7 Å². The van der Waals surface area contributed by atoms with Gasteiger partial charge in [-0.05, 0) is 36.5 Å². The molecule has 39 heavy (non-hydrogen) atoms. The van der Waals surface area contributed by atoms with E-state index in [0.717, 1.165) is 22.4 Å². The number of hydrogen-bond donors (Lipinski definition) is 4.